The van der Waals surface area contributed by atoms with Crippen LogP contribution in [0.15, 0.2) is 57.9 Å². The van der Waals surface area contributed by atoms with Gasteiger partial charge < -0.3 is 0 Å². The molecule has 120 valence electrons. The van der Waals surface area contributed by atoms with Crippen molar-refractivity contribution in [2.45, 2.75) is 17.4 Å². The van der Waals surface area contributed by atoms with E-state index in [0.717, 1.165) is 10.0 Å². The fourth-order valence-corrected chi connectivity index (χ4v) is 4.48. The highest BCUT2D eigenvalue weighted by molar-refractivity contribution is 9.10. The van der Waals surface area contributed by atoms with Gasteiger partial charge in [0.15, 0.2) is 4.90 Å². The number of halogens is 1. The van der Waals surface area contributed by atoms with Crippen LogP contribution in [0.25, 0.3) is 0 Å². The van der Waals surface area contributed by atoms with Crippen molar-refractivity contribution in [3.63, 3.8) is 0 Å². The third kappa shape index (κ3) is 3.29. The van der Waals surface area contributed by atoms with Gasteiger partial charge in [0.1, 0.15) is 0 Å². The Morgan fingerprint density at radius 1 is 1.17 bits per heavy atom. The molecule has 0 aromatic heterocycles. The van der Waals surface area contributed by atoms with Crippen molar-refractivity contribution in [1.82, 2.24) is 4.31 Å². The van der Waals surface area contributed by atoms with Crippen molar-refractivity contribution in [2.75, 3.05) is 6.54 Å². The summed E-state index contributed by atoms with van der Waals surface area (Å²) in [4.78, 5) is 10.1. The molecule has 0 spiro atoms. The molecule has 2 atom stereocenters. The van der Waals surface area contributed by atoms with Gasteiger partial charge in [-0.1, -0.05) is 40.2 Å². The Morgan fingerprint density at radius 3 is 2.48 bits per heavy atom. The molecule has 8 heteroatoms. The maximum atomic E-state index is 12.6. The predicted molar refractivity (Wildman–Crippen MR) is 88.6 cm³/mol. The quantitative estimate of drug-likeness (QED) is 0.441. The molecule has 1 aliphatic rings. The van der Waals surface area contributed by atoms with Crippen LogP contribution in [0.2, 0.25) is 0 Å². The van der Waals surface area contributed by atoms with Gasteiger partial charge in [0.05, 0.1) is 4.92 Å². The predicted octanol–water partition coefficient (Wildman–Crippen LogP) is 2.97. The standard InChI is InChI=1S/C15H13BrN2O4S/c16-12-7-5-11(6-8-12)9-13-10-17(13)23(21,22)15-4-2-1-3-14(15)18(19)20/h1-8,13H,9-10H2. The summed E-state index contributed by atoms with van der Waals surface area (Å²) in [6.07, 6.45) is 0.590. The van der Waals surface area contributed by atoms with E-state index in [1.54, 1.807) is 0 Å². The van der Waals surface area contributed by atoms with Crippen LogP contribution in [-0.2, 0) is 16.4 Å². The Balaban J connectivity index is 1.80. The van der Waals surface area contributed by atoms with Gasteiger partial charge in [-0.05, 0) is 30.2 Å². The molecule has 0 aliphatic carbocycles. The van der Waals surface area contributed by atoms with Crippen molar-refractivity contribution in [3.05, 3.63) is 68.7 Å². The Kier molecular flexibility index (Phi) is 4.22. The Morgan fingerprint density at radius 2 is 1.83 bits per heavy atom. The van der Waals surface area contributed by atoms with E-state index in [0.29, 0.717) is 13.0 Å². The van der Waals surface area contributed by atoms with Gasteiger partial charge in [-0.2, -0.15) is 4.31 Å². The molecule has 6 nitrogen and oxygen atoms in total. The lowest BCUT2D eigenvalue weighted by Gasteiger charge is -2.07. The summed E-state index contributed by atoms with van der Waals surface area (Å²) in [6.45, 7) is 0.379. The van der Waals surface area contributed by atoms with Crippen LogP contribution in [0, 0.1) is 10.1 Å². The van der Waals surface area contributed by atoms with Crippen LogP contribution < -0.4 is 0 Å². The highest BCUT2D eigenvalue weighted by Gasteiger charge is 2.46. The number of nitro benzene ring substituents is 1. The smallest absolute Gasteiger partial charge is 0.258 e. The van der Waals surface area contributed by atoms with Crippen molar-refractivity contribution >= 4 is 31.6 Å². The summed E-state index contributed by atoms with van der Waals surface area (Å²) in [5.74, 6) is 0. The van der Waals surface area contributed by atoms with E-state index in [1.165, 1.54) is 28.6 Å². The number of benzene rings is 2. The summed E-state index contributed by atoms with van der Waals surface area (Å²) in [5, 5.41) is 11.0. The summed E-state index contributed by atoms with van der Waals surface area (Å²) in [7, 11) is -3.84. The van der Waals surface area contributed by atoms with Gasteiger partial charge >= 0.3 is 0 Å². The van der Waals surface area contributed by atoms with Gasteiger partial charge in [0.2, 0.25) is 10.0 Å². The van der Waals surface area contributed by atoms with Crippen LogP contribution in [0.1, 0.15) is 5.56 Å². The second-order valence-corrected chi connectivity index (χ2v) is 8.06. The lowest BCUT2D eigenvalue weighted by molar-refractivity contribution is -0.387. The van der Waals surface area contributed by atoms with Crippen LogP contribution >= 0.6 is 15.9 Å². The Labute approximate surface area is 142 Å². The minimum atomic E-state index is -3.84. The fourth-order valence-electron chi connectivity index (χ4n) is 2.47. The topological polar surface area (TPSA) is 80.3 Å². The zero-order valence-electron chi connectivity index (χ0n) is 11.9. The van der Waals surface area contributed by atoms with E-state index in [-0.39, 0.29) is 16.6 Å². The van der Waals surface area contributed by atoms with E-state index in [4.69, 9.17) is 0 Å². The summed E-state index contributed by atoms with van der Waals surface area (Å²) in [6, 6.07) is 12.9. The zero-order chi connectivity index (χ0) is 16.6. The highest BCUT2D eigenvalue weighted by Crippen LogP contribution is 2.34. The van der Waals surface area contributed by atoms with Crippen molar-refractivity contribution in [1.29, 1.82) is 0 Å². The molecule has 0 saturated carbocycles. The summed E-state index contributed by atoms with van der Waals surface area (Å²) < 4.78 is 27.4. The Bertz CT molecular complexity index is 852. The largest absolute Gasteiger partial charge is 0.289 e. The fraction of sp³-hybridized carbons (Fsp3) is 0.200. The second-order valence-electron chi connectivity index (χ2n) is 5.28. The minimum Gasteiger partial charge on any atom is -0.258 e. The van der Waals surface area contributed by atoms with Gasteiger partial charge in [0.25, 0.3) is 5.69 Å². The average molecular weight is 397 g/mol. The maximum Gasteiger partial charge on any atom is 0.289 e. The number of nitrogens with zero attached hydrogens (tertiary/aromatic N) is 2. The van der Waals surface area contributed by atoms with Crippen LogP contribution in [-0.4, -0.2) is 30.2 Å². The number of nitro groups is 1. The average Bonchev–Trinajstić information content (AvgIpc) is 3.29. The number of hydrogen-bond donors (Lipinski definition) is 0. The van der Waals surface area contributed by atoms with Gasteiger partial charge in [-0.3, -0.25) is 10.1 Å². The van der Waals surface area contributed by atoms with E-state index in [9.17, 15) is 18.5 Å². The molecule has 1 aliphatic heterocycles. The number of hydrogen-bond acceptors (Lipinski definition) is 4. The molecule has 1 heterocycles. The van der Waals surface area contributed by atoms with Crippen LogP contribution in [0.3, 0.4) is 0 Å². The van der Waals surface area contributed by atoms with Gasteiger partial charge in [0, 0.05) is 23.1 Å². The summed E-state index contributed by atoms with van der Waals surface area (Å²) in [5.41, 5.74) is 0.639. The molecule has 2 aromatic carbocycles. The molecule has 1 saturated heterocycles. The van der Waals surface area contributed by atoms with E-state index in [2.05, 4.69) is 15.9 Å². The molecule has 2 aromatic rings. The van der Waals surface area contributed by atoms with Crippen molar-refractivity contribution < 1.29 is 13.3 Å². The molecule has 3 rings (SSSR count). The molecule has 0 radical (unpaired) electrons. The first kappa shape index (κ1) is 16.1. The lowest BCUT2D eigenvalue weighted by Crippen LogP contribution is -2.17. The van der Waals surface area contributed by atoms with Crippen molar-refractivity contribution in [2.24, 2.45) is 0 Å². The third-order valence-corrected chi connectivity index (χ3v) is 6.19. The second kappa shape index (κ2) is 6.03. The van der Waals surface area contributed by atoms with Crippen LogP contribution in [0.5, 0.6) is 0 Å². The number of para-hydroxylation sites is 1. The molecular weight excluding hydrogens is 384 g/mol. The minimum absolute atomic E-state index is 0.152. The van der Waals surface area contributed by atoms with Crippen LogP contribution in [0.4, 0.5) is 5.69 Å². The summed E-state index contributed by atoms with van der Waals surface area (Å²) >= 11 is 3.35. The number of rotatable bonds is 5. The lowest BCUT2D eigenvalue weighted by atomic mass is 10.1. The van der Waals surface area contributed by atoms with E-state index < -0.39 is 14.9 Å². The molecule has 2 unspecified atom stereocenters. The van der Waals surface area contributed by atoms with Gasteiger partial charge in [-0.15, -0.1) is 0 Å². The molecule has 0 bridgehead atoms. The Hall–Kier alpha value is -1.77. The number of sulfonamides is 1. The molecule has 23 heavy (non-hydrogen) atoms. The van der Waals surface area contributed by atoms with E-state index >= 15 is 0 Å². The van der Waals surface area contributed by atoms with E-state index in [1.807, 2.05) is 24.3 Å². The molecule has 1 fully saturated rings. The normalized spacial score (nSPS) is 20.2. The molecule has 0 amide bonds. The first-order valence-electron chi connectivity index (χ1n) is 6.89. The SMILES string of the molecule is O=[N+]([O-])c1ccccc1S(=O)(=O)N1CC1Cc1ccc(Br)cc1. The van der Waals surface area contributed by atoms with Crippen molar-refractivity contribution in [3.8, 4) is 0 Å². The third-order valence-electron chi connectivity index (χ3n) is 3.70. The highest BCUT2D eigenvalue weighted by atomic mass is 79.9. The first-order chi connectivity index (χ1) is 10.9. The molecular formula is C15H13BrN2O4S. The maximum absolute atomic E-state index is 12.6. The molecule has 0 N–H and O–H groups in total. The monoisotopic (exact) mass is 396 g/mol. The zero-order valence-corrected chi connectivity index (χ0v) is 14.3. The van der Waals surface area contributed by atoms with Gasteiger partial charge in [-0.25, -0.2) is 8.42 Å². The first-order valence-corrected chi connectivity index (χ1v) is 9.12.